The zero-order valence-electron chi connectivity index (χ0n) is 11.6. The smallest absolute Gasteiger partial charge is 0.254 e. The van der Waals surface area contributed by atoms with Crippen LogP contribution in [0.1, 0.15) is 22.8 Å². The molecule has 1 heterocycles. The van der Waals surface area contributed by atoms with Crippen LogP contribution in [0.15, 0.2) is 41.2 Å². The van der Waals surface area contributed by atoms with Crippen molar-refractivity contribution in [3.63, 3.8) is 0 Å². The van der Waals surface area contributed by atoms with Gasteiger partial charge in [0, 0.05) is 36.5 Å². The van der Waals surface area contributed by atoms with E-state index >= 15 is 0 Å². The molecule has 0 bridgehead atoms. The van der Waals surface area contributed by atoms with Crippen LogP contribution in [0.5, 0.6) is 5.75 Å². The van der Waals surface area contributed by atoms with Gasteiger partial charge in [-0.1, -0.05) is 0 Å². The minimum absolute atomic E-state index is 0.112. The molecule has 0 saturated carbocycles. The Morgan fingerprint density at radius 1 is 1.40 bits per heavy atom. The molecule has 5 nitrogen and oxygen atoms in total. The van der Waals surface area contributed by atoms with Crippen molar-refractivity contribution in [1.29, 1.82) is 0 Å². The fourth-order valence-corrected chi connectivity index (χ4v) is 1.94. The van der Waals surface area contributed by atoms with Gasteiger partial charge in [-0.25, -0.2) is 0 Å². The number of furan rings is 1. The molecule has 2 N–H and O–H groups in total. The highest BCUT2D eigenvalue weighted by Gasteiger charge is 2.14. The first kappa shape index (κ1) is 14.0. The third-order valence-corrected chi connectivity index (χ3v) is 2.83. The molecule has 1 aromatic heterocycles. The van der Waals surface area contributed by atoms with Crippen molar-refractivity contribution >= 4 is 11.6 Å². The third-order valence-electron chi connectivity index (χ3n) is 2.83. The molecular formula is C15H18N2O3. The molecule has 20 heavy (non-hydrogen) atoms. The minimum atomic E-state index is -0.112. The van der Waals surface area contributed by atoms with Crippen molar-refractivity contribution in [3.8, 4) is 5.75 Å². The average molecular weight is 274 g/mol. The number of ether oxygens (including phenoxy) is 1. The van der Waals surface area contributed by atoms with Crippen LogP contribution >= 0.6 is 0 Å². The fraction of sp³-hybridized carbons (Fsp3) is 0.267. The van der Waals surface area contributed by atoms with Crippen molar-refractivity contribution in [3.05, 3.63) is 47.9 Å². The Hall–Kier alpha value is -2.43. The van der Waals surface area contributed by atoms with Gasteiger partial charge in [-0.3, -0.25) is 4.79 Å². The van der Waals surface area contributed by atoms with Crippen LogP contribution in [0.3, 0.4) is 0 Å². The van der Waals surface area contributed by atoms with Crippen LogP contribution in [-0.4, -0.2) is 24.5 Å². The highest BCUT2D eigenvalue weighted by Crippen LogP contribution is 2.20. The summed E-state index contributed by atoms with van der Waals surface area (Å²) < 4.78 is 10.4. The highest BCUT2D eigenvalue weighted by atomic mass is 16.5. The van der Waals surface area contributed by atoms with E-state index in [2.05, 4.69) is 0 Å². The lowest BCUT2D eigenvalue weighted by atomic mass is 10.1. The van der Waals surface area contributed by atoms with E-state index in [0.717, 1.165) is 5.56 Å². The lowest BCUT2D eigenvalue weighted by Crippen LogP contribution is -2.26. The van der Waals surface area contributed by atoms with Crippen molar-refractivity contribution < 1.29 is 13.9 Å². The molecule has 1 aromatic carbocycles. The number of benzene rings is 1. The first-order chi connectivity index (χ1) is 9.60. The monoisotopic (exact) mass is 274 g/mol. The lowest BCUT2D eigenvalue weighted by molar-refractivity contribution is 0.0784. The molecule has 0 radical (unpaired) electrons. The van der Waals surface area contributed by atoms with Gasteiger partial charge in [0.05, 0.1) is 19.1 Å². The number of anilines is 1. The minimum Gasteiger partial charge on any atom is -0.494 e. The number of hydrogen-bond donors (Lipinski definition) is 1. The zero-order chi connectivity index (χ0) is 14.5. The van der Waals surface area contributed by atoms with Gasteiger partial charge in [-0.15, -0.1) is 0 Å². The van der Waals surface area contributed by atoms with Crippen LogP contribution in [0.2, 0.25) is 0 Å². The summed E-state index contributed by atoms with van der Waals surface area (Å²) in [5, 5.41) is 0. The van der Waals surface area contributed by atoms with Crippen LogP contribution in [-0.2, 0) is 6.54 Å². The van der Waals surface area contributed by atoms with Crippen molar-refractivity contribution in [1.82, 2.24) is 4.90 Å². The molecule has 0 aliphatic rings. The number of carbonyl (C=O) groups excluding carboxylic acids is 1. The summed E-state index contributed by atoms with van der Waals surface area (Å²) in [4.78, 5) is 14.0. The molecule has 5 heteroatoms. The highest BCUT2D eigenvalue weighted by molar-refractivity contribution is 5.95. The van der Waals surface area contributed by atoms with Gasteiger partial charge in [0.15, 0.2) is 0 Å². The Balaban J connectivity index is 2.15. The molecule has 2 rings (SSSR count). The van der Waals surface area contributed by atoms with Gasteiger partial charge >= 0.3 is 0 Å². The van der Waals surface area contributed by atoms with Gasteiger partial charge in [0.1, 0.15) is 5.75 Å². The maximum absolute atomic E-state index is 12.4. The maximum atomic E-state index is 12.4. The molecule has 0 spiro atoms. The predicted octanol–water partition coefficient (Wildman–Crippen LogP) is 2.53. The Bertz CT molecular complexity index is 579. The number of hydrogen-bond acceptors (Lipinski definition) is 4. The van der Waals surface area contributed by atoms with Gasteiger partial charge in [0.2, 0.25) is 0 Å². The summed E-state index contributed by atoms with van der Waals surface area (Å²) in [6.07, 6.45) is 3.20. The number of rotatable bonds is 5. The SMILES string of the molecule is CCOc1cc(N)cc(C(=O)N(C)Cc2ccoc2)c1. The van der Waals surface area contributed by atoms with Gasteiger partial charge in [0.25, 0.3) is 5.91 Å². The summed E-state index contributed by atoms with van der Waals surface area (Å²) in [5.74, 6) is 0.493. The predicted molar refractivity (Wildman–Crippen MR) is 76.5 cm³/mol. The number of amides is 1. The zero-order valence-corrected chi connectivity index (χ0v) is 11.6. The van der Waals surface area contributed by atoms with Crippen molar-refractivity contribution in [2.24, 2.45) is 0 Å². The molecule has 106 valence electrons. The molecule has 0 aliphatic heterocycles. The van der Waals surface area contributed by atoms with E-state index in [1.807, 2.05) is 13.0 Å². The Kier molecular flexibility index (Phi) is 4.30. The Morgan fingerprint density at radius 3 is 2.85 bits per heavy atom. The summed E-state index contributed by atoms with van der Waals surface area (Å²) in [6.45, 7) is 2.89. The van der Waals surface area contributed by atoms with Crippen LogP contribution in [0.25, 0.3) is 0 Å². The normalized spacial score (nSPS) is 10.3. The summed E-state index contributed by atoms with van der Waals surface area (Å²) in [6, 6.07) is 6.88. The van der Waals surface area contributed by atoms with Gasteiger partial charge in [-0.05, 0) is 25.1 Å². The molecule has 0 fully saturated rings. The van der Waals surface area contributed by atoms with E-state index in [0.29, 0.717) is 30.2 Å². The van der Waals surface area contributed by atoms with E-state index in [1.54, 1.807) is 42.7 Å². The van der Waals surface area contributed by atoms with E-state index in [1.165, 1.54) is 0 Å². The largest absolute Gasteiger partial charge is 0.494 e. The first-order valence-electron chi connectivity index (χ1n) is 6.40. The topological polar surface area (TPSA) is 68.7 Å². The lowest BCUT2D eigenvalue weighted by Gasteiger charge is -2.17. The molecule has 0 unspecified atom stereocenters. The van der Waals surface area contributed by atoms with E-state index in [4.69, 9.17) is 14.9 Å². The number of nitrogens with two attached hydrogens (primary N) is 1. The van der Waals surface area contributed by atoms with Crippen LogP contribution < -0.4 is 10.5 Å². The summed E-state index contributed by atoms with van der Waals surface area (Å²) in [7, 11) is 1.73. The molecule has 0 aliphatic carbocycles. The molecular weight excluding hydrogens is 256 g/mol. The molecule has 2 aromatic rings. The fourth-order valence-electron chi connectivity index (χ4n) is 1.94. The second-order valence-electron chi connectivity index (χ2n) is 4.52. The number of carbonyl (C=O) groups is 1. The molecule has 0 saturated heterocycles. The van der Waals surface area contributed by atoms with Crippen LogP contribution in [0.4, 0.5) is 5.69 Å². The van der Waals surface area contributed by atoms with E-state index in [9.17, 15) is 4.79 Å². The van der Waals surface area contributed by atoms with Crippen LogP contribution in [0, 0.1) is 0 Å². The third kappa shape index (κ3) is 3.32. The second-order valence-corrected chi connectivity index (χ2v) is 4.52. The second kappa shape index (κ2) is 6.14. The van der Waals surface area contributed by atoms with Crippen molar-refractivity contribution in [2.45, 2.75) is 13.5 Å². The molecule has 1 amide bonds. The van der Waals surface area contributed by atoms with Gasteiger partial charge < -0.3 is 19.8 Å². The first-order valence-corrected chi connectivity index (χ1v) is 6.40. The number of nitrogen functional groups attached to an aromatic ring is 1. The standard InChI is InChI=1S/C15H18N2O3/c1-3-20-14-7-12(6-13(16)8-14)15(18)17(2)9-11-4-5-19-10-11/h4-8,10H,3,9,16H2,1-2H3. The number of nitrogens with zero attached hydrogens (tertiary/aromatic N) is 1. The molecule has 0 atom stereocenters. The summed E-state index contributed by atoms with van der Waals surface area (Å²) in [5.41, 5.74) is 7.76. The average Bonchev–Trinajstić information content (AvgIpc) is 2.90. The Morgan fingerprint density at radius 2 is 2.20 bits per heavy atom. The van der Waals surface area contributed by atoms with Gasteiger partial charge in [-0.2, -0.15) is 0 Å². The van der Waals surface area contributed by atoms with E-state index < -0.39 is 0 Å². The Labute approximate surface area is 117 Å². The van der Waals surface area contributed by atoms with Crippen molar-refractivity contribution in [2.75, 3.05) is 19.4 Å². The summed E-state index contributed by atoms with van der Waals surface area (Å²) >= 11 is 0. The quantitative estimate of drug-likeness (QED) is 0.851. The van der Waals surface area contributed by atoms with E-state index in [-0.39, 0.29) is 5.91 Å². The maximum Gasteiger partial charge on any atom is 0.254 e.